The van der Waals surface area contributed by atoms with Crippen LogP contribution in [0, 0.1) is 0 Å². The van der Waals surface area contributed by atoms with E-state index in [-0.39, 0.29) is 12.6 Å². The van der Waals surface area contributed by atoms with E-state index in [0.717, 1.165) is 0 Å². The van der Waals surface area contributed by atoms with Gasteiger partial charge in [-0.25, -0.2) is 0 Å². The summed E-state index contributed by atoms with van der Waals surface area (Å²) in [6.45, 7) is 7.64. The first-order valence-electron chi connectivity index (χ1n) is 3.27. The molecule has 0 saturated carbocycles. The average molecular weight is 155 g/mol. The Morgan fingerprint density at radius 2 is 2.27 bits per heavy atom. The largest absolute Gasteiger partial charge is 0.364 e. The van der Waals surface area contributed by atoms with Gasteiger partial charge in [0.15, 0.2) is 0 Å². The third kappa shape index (κ3) is 3.57. The highest BCUT2D eigenvalue weighted by molar-refractivity contribution is 5.86. The van der Waals surface area contributed by atoms with E-state index in [9.17, 15) is 4.79 Å². The van der Waals surface area contributed by atoms with Crippen LogP contribution >= 0.6 is 0 Å². The molecule has 0 bridgehead atoms. The molecule has 0 aliphatic rings. The van der Waals surface area contributed by atoms with Crippen molar-refractivity contribution in [2.75, 3.05) is 20.4 Å². The smallest absolute Gasteiger partial charge is 0.248 e. The van der Waals surface area contributed by atoms with E-state index in [1.807, 2.05) is 0 Å². The van der Waals surface area contributed by atoms with E-state index in [2.05, 4.69) is 13.2 Å². The van der Waals surface area contributed by atoms with Gasteiger partial charge in [0.05, 0.1) is 0 Å². The predicted octanol–water partition coefficient (Wildman–Crippen LogP) is 0.791. The van der Waals surface area contributed by atoms with Gasteiger partial charge in [-0.2, -0.15) is 0 Å². The van der Waals surface area contributed by atoms with Crippen molar-refractivity contribution in [3.63, 3.8) is 0 Å². The lowest BCUT2D eigenvalue weighted by molar-refractivity contribution is -0.129. The van der Waals surface area contributed by atoms with Crippen molar-refractivity contribution in [3.8, 4) is 0 Å². The Bertz CT molecular complexity index is 154. The highest BCUT2D eigenvalue weighted by Gasteiger charge is 2.05. The SMILES string of the molecule is C=CCN(COC)C(=O)C=C. The molecular formula is C8H13NO2. The number of carbonyl (C=O) groups excluding carboxylic acids is 1. The molecule has 0 spiro atoms. The summed E-state index contributed by atoms with van der Waals surface area (Å²) in [6, 6.07) is 0. The van der Waals surface area contributed by atoms with Crippen LogP contribution in [0.5, 0.6) is 0 Å². The lowest BCUT2D eigenvalue weighted by atomic mass is 10.5. The van der Waals surface area contributed by atoms with Crippen molar-refractivity contribution in [2.24, 2.45) is 0 Å². The summed E-state index contributed by atoms with van der Waals surface area (Å²) in [7, 11) is 1.53. The van der Waals surface area contributed by atoms with Gasteiger partial charge in [-0.3, -0.25) is 4.79 Å². The number of hydrogen-bond acceptors (Lipinski definition) is 2. The van der Waals surface area contributed by atoms with E-state index in [4.69, 9.17) is 4.74 Å². The van der Waals surface area contributed by atoms with Gasteiger partial charge in [-0.1, -0.05) is 12.7 Å². The first-order valence-corrected chi connectivity index (χ1v) is 3.27. The maximum absolute atomic E-state index is 11.0. The molecule has 0 aliphatic heterocycles. The number of ether oxygens (including phenoxy) is 1. The summed E-state index contributed by atoms with van der Waals surface area (Å²) in [5.74, 6) is -0.147. The van der Waals surface area contributed by atoms with E-state index in [1.54, 1.807) is 6.08 Å². The van der Waals surface area contributed by atoms with Gasteiger partial charge in [0.1, 0.15) is 6.73 Å². The number of amides is 1. The molecule has 0 fully saturated rings. The number of carbonyl (C=O) groups is 1. The average Bonchev–Trinajstić information content (AvgIpc) is 2.03. The zero-order chi connectivity index (χ0) is 8.69. The maximum Gasteiger partial charge on any atom is 0.248 e. The molecule has 0 saturated heterocycles. The fourth-order valence-electron chi connectivity index (χ4n) is 0.647. The van der Waals surface area contributed by atoms with Crippen molar-refractivity contribution >= 4 is 5.91 Å². The zero-order valence-electron chi connectivity index (χ0n) is 6.75. The van der Waals surface area contributed by atoms with Crippen LogP contribution in [0.4, 0.5) is 0 Å². The molecule has 11 heavy (non-hydrogen) atoms. The molecule has 0 aliphatic carbocycles. The molecule has 1 amide bonds. The number of hydrogen-bond donors (Lipinski definition) is 0. The molecule has 0 aromatic rings. The molecule has 0 heterocycles. The van der Waals surface area contributed by atoms with Crippen LogP contribution < -0.4 is 0 Å². The molecular weight excluding hydrogens is 142 g/mol. The summed E-state index contributed by atoms with van der Waals surface area (Å²) in [6.07, 6.45) is 2.89. The van der Waals surface area contributed by atoms with Crippen molar-refractivity contribution in [1.82, 2.24) is 4.90 Å². The second-order valence-corrected chi connectivity index (χ2v) is 1.97. The Hall–Kier alpha value is -1.09. The van der Waals surface area contributed by atoms with Crippen molar-refractivity contribution < 1.29 is 9.53 Å². The third-order valence-corrected chi connectivity index (χ3v) is 1.12. The van der Waals surface area contributed by atoms with Crippen molar-refractivity contribution in [3.05, 3.63) is 25.3 Å². The first-order chi connectivity index (χ1) is 5.26. The zero-order valence-corrected chi connectivity index (χ0v) is 6.75. The minimum Gasteiger partial charge on any atom is -0.364 e. The van der Waals surface area contributed by atoms with Crippen LogP contribution in [-0.4, -0.2) is 31.2 Å². The highest BCUT2D eigenvalue weighted by Crippen LogP contribution is 1.90. The molecule has 62 valence electrons. The lowest BCUT2D eigenvalue weighted by Crippen LogP contribution is -2.31. The standard InChI is InChI=1S/C8H13NO2/c1-4-6-9(7-11-3)8(10)5-2/h4-5H,1-2,6-7H2,3H3. The van der Waals surface area contributed by atoms with Gasteiger partial charge < -0.3 is 9.64 Å². The Kier molecular flexibility index (Phi) is 5.11. The molecule has 0 N–H and O–H groups in total. The van der Waals surface area contributed by atoms with Gasteiger partial charge >= 0.3 is 0 Å². The third-order valence-electron chi connectivity index (χ3n) is 1.12. The molecule has 0 radical (unpaired) electrons. The number of rotatable bonds is 5. The van der Waals surface area contributed by atoms with Gasteiger partial charge in [0.2, 0.25) is 5.91 Å². The summed E-state index contributed by atoms with van der Waals surface area (Å²) in [5, 5.41) is 0. The van der Waals surface area contributed by atoms with Gasteiger partial charge in [0, 0.05) is 13.7 Å². The van der Waals surface area contributed by atoms with E-state index in [0.29, 0.717) is 6.54 Å². The minimum atomic E-state index is -0.147. The van der Waals surface area contributed by atoms with Gasteiger partial charge in [-0.15, -0.1) is 6.58 Å². The Balaban J connectivity index is 3.95. The maximum atomic E-state index is 11.0. The van der Waals surface area contributed by atoms with Crippen molar-refractivity contribution in [2.45, 2.75) is 0 Å². The molecule has 0 atom stereocenters. The first kappa shape index (κ1) is 9.91. The normalized spacial score (nSPS) is 8.82. The fraction of sp³-hybridized carbons (Fsp3) is 0.375. The van der Waals surface area contributed by atoms with Crippen LogP contribution in [-0.2, 0) is 9.53 Å². The van der Waals surface area contributed by atoms with Gasteiger partial charge in [0.25, 0.3) is 0 Å². The molecule has 3 nitrogen and oxygen atoms in total. The molecule has 0 rings (SSSR count). The second kappa shape index (κ2) is 5.68. The number of methoxy groups -OCH3 is 1. The quantitative estimate of drug-likeness (QED) is 0.334. The predicted molar refractivity (Wildman–Crippen MR) is 44.0 cm³/mol. The van der Waals surface area contributed by atoms with Gasteiger partial charge in [-0.05, 0) is 6.08 Å². The molecule has 0 unspecified atom stereocenters. The minimum absolute atomic E-state index is 0.147. The lowest BCUT2D eigenvalue weighted by Gasteiger charge is -2.17. The molecule has 0 aromatic carbocycles. The van der Waals surface area contributed by atoms with Crippen LogP contribution in [0.3, 0.4) is 0 Å². The molecule has 0 aromatic heterocycles. The monoisotopic (exact) mass is 155 g/mol. The summed E-state index contributed by atoms with van der Waals surface area (Å²) in [5.41, 5.74) is 0. The van der Waals surface area contributed by atoms with E-state index in [1.165, 1.54) is 18.1 Å². The van der Waals surface area contributed by atoms with Crippen LogP contribution in [0.1, 0.15) is 0 Å². The van der Waals surface area contributed by atoms with Crippen LogP contribution in [0.25, 0.3) is 0 Å². The van der Waals surface area contributed by atoms with Crippen LogP contribution in [0.2, 0.25) is 0 Å². The van der Waals surface area contributed by atoms with E-state index < -0.39 is 0 Å². The fourth-order valence-corrected chi connectivity index (χ4v) is 0.647. The summed E-state index contributed by atoms with van der Waals surface area (Å²) in [4.78, 5) is 12.5. The highest BCUT2D eigenvalue weighted by atomic mass is 16.5. The summed E-state index contributed by atoms with van der Waals surface area (Å²) < 4.78 is 4.79. The summed E-state index contributed by atoms with van der Waals surface area (Å²) >= 11 is 0. The topological polar surface area (TPSA) is 29.5 Å². The Morgan fingerprint density at radius 3 is 2.64 bits per heavy atom. The van der Waals surface area contributed by atoms with E-state index >= 15 is 0 Å². The Labute approximate surface area is 66.9 Å². The number of nitrogens with zero attached hydrogens (tertiary/aromatic N) is 1. The second-order valence-electron chi connectivity index (χ2n) is 1.97. The van der Waals surface area contributed by atoms with Crippen LogP contribution in [0.15, 0.2) is 25.3 Å². The van der Waals surface area contributed by atoms with Crippen molar-refractivity contribution in [1.29, 1.82) is 0 Å². The Morgan fingerprint density at radius 1 is 1.64 bits per heavy atom. The molecule has 3 heteroatoms.